The predicted octanol–water partition coefficient (Wildman–Crippen LogP) is 3.13. The molecule has 0 aliphatic heterocycles. The molecule has 88 valence electrons. The van der Waals surface area contributed by atoms with Gasteiger partial charge in [0.1, 0.15) is 0 Å². The Hall–Kier alpha value is -1.75. The van der Waals surface area contributed by atoms with Crippen molar-refractivity contribution in [1.82, 2.24) is 15.2 Å². The maximum absolute atomic E-state index is 4.30. The third-order valence-electron chi connectivity index (χ3n) is 2.11. The average molecular weight is 246 g/mol. The summed E-state index contributed by atoms with van der Waals surface area (Å²) in [5.41, 5.74) is 2.22. The second-order valence-electron chi connectivity index (χ2n) is 3.56. The van der Waals surface area contributed by atoms with Crippen LogP contribution < -0.4 is 5.32 Å². The molecule has 0 spiro atoms. The van der Waals surface area contributed by atoms with Crippen LogP contribution in [0.5, 0.6) is 0 Å². The average Bonchev–Trinajstić information content (AvgIpc) is 2.77. The Morgan fingerprint density at radius 3 is 2.88 bits per heavy atom. The quantitative estimate of drug-likeness (QED) is 0.628. The Labute approximate surface area is 105 Å². The first-order valence-corrected chi connectivity index (χ1v) is 6.26. The highest BCUT2D eigenvalue weighted by Crippen LogP contribution is 2.17. The number of thioether (sulfide) groups is 1. The topological polar surface area (TPSA) is 53.6 Å². The van der Waals surface area contributed by atoms with Gasteiger partial charge in [-0.05, 0) is 19.1 Å². The van der Waals surface area contributed by atoms with Crippen LogP contribution in [-0.2, 0) is 0 Å². The third kappa shape index (κ3) is 3.35. The van der Waals surface area contributed by atoms with E-state index in [2.05, 4.69) is 34.0 Å². The first-order chi connectivity index (χ1) is 8.28. The van der Waals surface area contributed by atoms with Crippen molar-refractivity contribution in [2.45, 2.75) is 12.1 Å². The van der Waals surface area contributed by atoms with E-state index in [4.69, 9.17) is 0 Å². The minimum Gasteiger partial charge on any atom is -0.325 e. The highest BCUT2D eigenvalue weighted by Gasteiger charge is 2.02. The molecule has 0 fully saturated rings. The van der Waals surface area contributed by atoms with E-state index < -0.39 is 0 Å². The van der Waals surface area contributed by atoms with Crippen LogP contribution in [0.1, 0.15) is 5.56 Å². The summed E-state index contributed by atoms with van der Waals surface area (Å²) >= 11 is 1.54. The molecular formula is C12H14N4S. The second-order valence-corrected chi connectivity index (χ2v) is 4.54. The van der Waals surface area contributed by atoms with Gasteiger partial charge in [-0.1, -0.05) is 35.5 Å². The lowest BCUT2D eigenvalue weighted by Gasteiger charge is -2.01. The summed E-state index contributed by atoms with van der Waals surface area (Å²) in [5, 5.41) is 10.8. The van der Waals surface area contributed by atoms with Gasteiger partial charge in [0.25, 0.3) is 0 Å². The van der Waals surface area contributed by atoms with Crippen LogP contribution in [-0.4, -0.2) is 20.9 Å². The first kappa shape index (κ1) is 11.7. The summed E-state index contributed by atoms with van der Waals surface area (Å²) in [7, 11) is 0. The normalized spacial score (nSPS) is 10.2. The molecule has 0 aliphatic carbocycles. The molecule has 0 radical (unpaired) electrons. The SMILES string of the molecule is C=CCSc1n[nH]c(Nc2ccc(C)cc2)n1. The van der Waals surface area contributed by atoms with Crippen LogP contribution >= 0.6 is 11.8 Å². The van der Waals surface area contributed by atoms with Crippen molar-refractivity contribution >= 4 is 23.4 Å². The number of aromatic nitrogens is 3. The van der Waals surface area contributed by atoms with Gasteiger partial charge in [-0.2, -0.15) is 4.98 Å². The van der Waals surface area contributed by atoms with Crippen molar-refractivity contribution in [1.29, 1.82) is 0 Å². The fourth-order valence-electron chi connectivity index (χ4n) is 1.27. The Morgan fingerprint density at radius 2 is 2.18 bits per heavy atom. The number of nitrogens with one attached hydrogen (secondary N) is 2. The van der Waals surface area contributed by atoms with E-state index in [1.165, 1.54) is 5.56 Å². The highest BCUT2D eigenvalue weighted by atomic mass is 32.2. The summed E-state index contributed by atoms with van der Waals surface area (Å²) in [4.78, 5) is 4.30. The Balaban J connectivity index is 2.01. The molecule has 5 heteroatoms. The zero-order valence-electron chi connectivity index (χ0n) is 9.60. The molecule has 2 rings (SSSR count). The molecule has 0 saturated heterocycles. The predicted molar refractivity (Wildman–Crippen MR) is 71.8 cm³/mol. The van der Waals surface area contributed by atoms with Crippen LogP contribution in [0.2, 0.25) is 0 Å². The van der Waals surface area contributed by atoms with Crippen LogP contribution in [0.25, 0.3) is 0 Å². The van der Waals surface area contributed by atoms with Crippen LogP contribution in [0.15, 0.2) is 42.1 Å². The lowest BCUT2D eigenvalue weighted by Crippen LogP contribution is -1.92. The fourth-order valence-corrected chi connectivity index (χ4v) is 1.81. The molecule has 0 unspecified atom stereocenters. The van der Waals surface area contributed by atoms with Gasteiger partial charge in [-0.15, -0.1) is 11.7 Å². The molecule has 2 N–H and O–H groups in total. The number of anilines is 2. The molecule has 0 saturated carbocycles. The monoisotopic (exact) mass is 246 g/mol. The standard InChI is InChI=1S/C12H14N4S/c1-3-8-17-12-14-11(15-16-12)13-10-6-4-9(2)5-7-10/h3-7H,1,8H2,2H3,(H2,13,14,15,16). The van der Waals surface area contributed by atoms with Gasteiger partial charge in [-0.3, -0.25) is 0 Å². The molecule has 0 aliphatic rings. The number of hydrogen-bond donors (Lipinski definition) is 2. The third-order valence-corrected chi connectivity index (χ3v) is 2.95. The number of hydrogen-bond acceptors (Lipinski definition) is 4. The minimum absolute atomic E-state index is 0.653. The lowest BCUT2D eigenvalue weighted by molar-refractivity contribution is 0.975. The highest BCUT2D eigenvalue weighted by molar-refractivity contribution is 7.99. The second kappa shape index (κ2) is 5.54. The zero-order chi connectivity index (χ0) is 12.1. The lowest BCUT2D eigenvalue weighted by atomic mass is 10.2. The van der Waals surface area contributed by atoms with Crippen LogP contribution in [0, 0.1) is 6.92 Å². The van der Waals surface area contributed by atoms with Gasteiger partial charge >= 0.3 is 0 Å². The van der Waals surface area contributed by atoms with E-state index in [0.29, 0.717) is 5.95 Å². The van der Waals surface area contributed by atoms with E-state index in [9.17, 15) is 0 Å². The van der Waals surface area contributed by atoms with Gasteiger partial charge in [0.2, 0.25) is 11.1 Å². The smallest absolute Gasteiger partial charge is 0.223 e. The Bertz CT molecular complexity index is 489. The van der Waals surface area contributed by atoms with Gasteiger partial charge in [0.15, 0.2) is 0 Å². The molecule has 17 heavy (non-hydrogen) atoms. The molecule has 1 heterocycles. The Morgan fingerprint density at radius 1 is 1.41 bits per heavy atom. The molecular weight excluding hydrogens is 232 g/mol. The molecule has 0 atom stereocenters. The number of aromatic amines is 1. The van der Waals surface area contributed by atoms with Crippen LogP contribution in [0.3, 0.4) is 0 Å². The van der Waals surface area contributed by atoms with E-state index in [1.54, 1.807) is 11.8 Å². The van der Waals surface area contributed by atoms with Gasteiger partial charge in [0, 0.05) is 11.4 Å². The maximum atomic E-state index is 4.30. The van der Waals surface area contributed by atoms with Gasteiger partial charge < -0.3 is 5.32 Å². The summed E-state index contributed by atoms with van der Waals surface area (Å²) in [6.45, 7) is 5.71. The van der Waals surface area contributed by atoms with Gasteiger partial charge in [-0.25, -0.2) is 5.10 Å². The van der Waals surface area contributed by atoms with E-state index in [1.807, 2.05) is 30.3 Å². The maximum Gasteiger partial charge on any atom is 0.223 e. The number of benzene rings is 1. The van der Waals surface area contributed by atoms with E-state index >= 15 is 0 Å². The van der Waals surface area contributed by atoms with Crippen molar-refractivity contribution < 1.29 is 0 Å². The van der Waals surface area contributed by atoms with E-state index in [-0.39, 0.29) is 0 Å². The summed E-state index contributed by atoms with van der Waals surface area (Å²) in [6, 6.07) is 8.11. The van der Waals surface area contributed by atoms with Crippen molar-refractivity contribution in [3.8, 4) is 0 Å². The molecule has 4 nitrogen and oxygen atoms in total. The summed E-state index contributed by atoms with van der Waals surface area (Å²) < 4.78 is 0. The largest absolute Gasteiger partial charge is 0.325 e. The molecule has 1 aromatic heterocycles. The number of H-pyrrole nitrogens is 1. The van der Waals surface area contributed by atoms with Crippen molar-refractivity contribution in [2.75, 3.05) is 11.1 Å². The minimum atomic E-state index is 0.653. The number of aryl methyl sites for hydroxylation is 1. The zero-order valence-corrected chi connectivity index (χ0v) is 10.4. The van der Waals surface area contributed by atoms with Crippen molar-refractivity contribution in [3.63, 3.8) is 0 Å². The van der Waals surface area contributed by atoms with Crippen molar-refractivity contribution in [2.24, 2.45) is 0 Å². The van der Waals surface area contributed by atoms with E-state index in [0.717, 1.165) is 16.6 Å². The molecule has 0 amide bonds. The summed E-state index contributed by atoms with van der Waals surface area (Å²) in [5.74, 6) is 1.46. The van der Waals surface area contributed by atoms with Crippen molar-refractivity contribution in [3.05, 3.63) is 42.5 Å². The summed E-state index contributed by atoms with van der Waals surface area (Å²) in [6.07, 6.45) is 1.83. The molecule has 0 bridgehead atoms. The number of rotatable bonds is 5. The first-order valence-electron chi connectivity index (χ1n) is 5.28. The Kier molecular flexibility index (Phi) is 3.82. The van der Waals surface area contributed by atoms with Gasteiger partial charge in [0.05, 0.1) is 0 Å². The molecule has 1 aromatic carbocycles. The fraction of sp³-hybridized carbons (Fsp3) is 0.167. The van der Waals surface area contributed by atoms with Crippen LogP contribution in [0.4, 0.5) is 11.6 Å². The number of nitrogens with zero attached hydrogens (tertiary/aromatic N) is 2. The molecule has 2 aromatic rings.